The molecule has 4 heteroatoms. The molecule has 3 fully saturated rings. The molecule has 0 radical (unpaired) electrons. The van der Waals surface area contributed by atoms with Crippen LogP contribution in [0.2, 0.25) is 0 Å². The summed E-state index contributed by atoms with van der Waals surface area (Å²) in [6.45, 7) is 5.73. The molecular formula is C21H22O4. The summed E-state index contributed by atoms with van der Waals surface area (Å²) in [5.74, 6) is 4.90. The summed E-state index contributed by atoms with van der Waals surface area (Å²) in [5.41, 5.74) is 0.437. The fraction of sp³-hybridized carbons (Fsp3) is 0.524. The third kappa shape index (κ3) is 2.05. The molecule has 4 rings (SSSR count). The fourth-order valence-corrected chi connectivity index (χ4v) is 5.18. The standard InChI is InChI=1S/C21H22O4/c1-5-6-12-7-8-13(14(11-12)24-4)15-18(22)16-17(19(15)23)21(3)10-9-20(16,2)25-21/h7-8,11,15-17H,9-10H2,1-4H3/t15?,16-,17+,20-,21+. The molecule has 5 atom stereocenters. The van der Waals surface area contributed by atoms with Gasteiger partial charge in [0, 0.05) is 11.1 Å². The molecule has 25 heavy (non-hydrogen) atoms. The molecule has 2 saturated heterocycles. The van der Waals surface area contributed by atoms with Crippen molar-refractivity contribution < 1.29 is 19.1 Å². The molecule has 0 N–H and O–H groups in total. The first-order chi connectivity index (χ1) is 11.8. The lowest BCUT2D eigenvalue weighted by atomic mass is 9.69. The van der Waals surface area contributed by atoms with Crippen LogP contribution in [0.1, 0.15) is 50.7 Å². The SMILES string of the molecule is CC#Cc1ccc(C2C(=O)[C@@H]3[C@H](C2=O)[C@@]2(C)CC[C@]3(C)O2)c(OC)c1. The number of benzene rings is 1. The van der Waals surface area contributed by atoms with Crippen molar-refractivity contribution in [1.29, 1.82) is 0 Å². The van der Waals surface area contributed by atoms with Crippen LogP contribution in [0.15, 0.2) is 18.2 Å². The average molecular weight is 338 g/mol. The van der Waals surface area contributed by atoms with Gasteiger partial charge in [-0.2, -0.15) is 0 Å². The van der Waals surface area contributed by atoms with E-state index in [0.717, 1.165) is 18.4 Å². The van der Waals surface area contributed by atoms with Gasteiger partial charge in [-0.05, 0) is 45.7 Å². The maximum atomic E-state index is 13.2. The van der Waals surface area contributed by atoms with E-state index < -0.39 is 17.1 Å². The van der Waals surface area contributed by atoms with Crippen molar-refractivity contribution in [2.75, 3.05) is 7.11 Å². The summed E-state index contributed by atoms with van der Waals surface area (Å²) < 4.78 is 11.6. The monoisotopic (exact) mass is 338 g/mol. The lowest BCUT2D eigenvalue weighted by Gasteiger charge is -2.28. The Balaban J connectivity index is 1.79. The number of carbonyl (C=O) groups is 2. The second kappa shape index (κ2) is 5.19. The second-order valence-electron chi connectivity index (χ2n) is 7.75. The number of fused-ring (bicyclic) bond motifs is 5. The Labute approximate surface area is 147 Å². The smallest absolute Gasteiger partial charge is 0.154 e. The minimum absolute atomic E-state index is 0.0199. The summed E-state index contributed by atoms with van der Waals surface area (Å²) >= 11 is 0. The van der Waals surface area contributed by atoms with Gasteiger partial charge in [-0.3, -0.25) is 9.59 Å². The third-order valence-corrected chi connectivity index (χ3v) is 6.23. The predicted molar refractivity (Wildman–Crippen MR) is 92.4 cm³/mol. The van der Waals surface area contributed by atoms with Crippen LogP contribution in [0, 0.1) is 23.7 Å². The molecule has 1 saturated carbocycles. The number of hydrogen-bond acceptors (Lipinski definition) is 4. The van der Waals surface area contributed by atoms with E-state index in [2.05, 4.69) is 11.8 Å². The largest absolute Gasteiger partial charge is 0.496 e. The molecule has 0 aromatic heterocycles. The number of Topliss-reactive ketones (excluding diaryl/α,β-unsaturated/α-hetero) is 2. The lowest BCUT2D eigenvalue weighted by molar-refractivity contribution is -0.132. The number of methoxy groups -OCH3 is 1. The van der Waals surface area contributed by atoms with E-state index in [0.29, 0.717) is 11.3 Å². The topological polar surface area (TPSA) is 52.6 Å². The zero-order chi connectivity index (χ0) is 18.0. The Morgan fingerprint density at radius 2 is 1.72 bits per heavy atom. The van der Waals surface area contributed by atoms with Gasteiger partial charge in [0.1, 0.15) is 11.7 Å². The van der Waals surface area contributed by atoms with Gasteiger partial charge in [-0.1, -0.05) is 12.0 Å². The van der Waals surface area contributed by atoms with Gasteiger partial charge in [0.2, 0.25) is 0 Å². The first kappa shape index (κ1) is 16.4. The number of carbonyl (C=O) groups excluding carboxylic acids is 2. The van der Waals surface area contributed by atoms with Crippen molar-refractivity contribution in [2.45, 2.75) is 50.7 Å². The fourth-order valence-electron chi connectivity index (χ4n) is 5.18. The molecule has 0 amide bonds. The first-order valence-corrected chi connectivity index (χ1v) is 8.73. The maximum Gasteiger partial charge on any atom is 0.154 e. The van der Waals surface area contributed by atoms with Gasteiger partial charge in [0.15, 0.2) is 11.6 Å². The Morgan fingerprint density at radius 3 is 2.24 bits per heavy atom. The van der Waals surface area contributed by atoms with Crippen molar-refractivity contribution in [3.05, 3.63) is 29.3 Å². The minimum Gasteiger partial charge on any atom is -0.496 e. The Kier molecular flexibility index (Phi) is 3.39. The molecule has 1 aliphatic carbocycles. The van der Waals surface area contributed by atoms with Gasteiger partial charge < -0.3 is 9.47 Å². The van der Waals surface area contributed by atoms with Gasteiger partial charge in [-0.25, -0.2) is 0 Å². The van der Waals surface area contributed by atoms with Crippen LogP contribution in [0.25, 0.3) is 0 Å². The van der Waals surface area contributed by atoms with Crippen LogP contribution in [0.3, 0.4) is 0 Å². The molecule has 2 bridgehead atoms. The van der Waals surface area contributed by atoms with Crippen LogP contribution in [-0.2, 0) is 14.3 Å². The van der Waals surface area contributed by atoms with E-state index in [1.165, 1.54) is 0 Å². The number of rotatable bonds is 2. The summed E-state index contributed by atoms with van der Waals surface area (Å²) in [6.07, 6.45) is 1.66. The van der Waals surface area contributed by atoms with Crippen LogP contribution in [0.4, 0.5) is 0 Å². The van der Waals surface area contributed by atoms with E-state index in [-0.39, 0.29) is 23.4 Å². The first-order valence-electron chi connectivity index (χ1n) is 8.73. The number of ketones is 2. The molecule has 1 aromatic rings. The van der Waals surface area contributed by atoms with Crippen molar-refractivity contribution >= 4 is 11.6 Å². The van der Waals surface area contributed by atoms with Crippen molar-refractivity contribution in [2.24, 2.45) is 11.8 Å². The summed E-state index contributed by atoms with van der Waals surface area (Å²) in [7, 11) is 1.56. The molecule has 1 unspecified atom stereocenters. The molecule has 2 aliphatic heterocycles. The molecule has 1 aromatic carbocycles. The van der Waals surface area contributed by atoms with E-state index in [9.17, 15) is 9.59 Å². The molecule has 4 nitrogen and oxygen atoms in total. The van der Waals surface area contributed by atoms with Gasteiger partial charge in [0.25, 0.3) is 0 Å². The van der Waals surface area contributed by atoms with E-state index in [1.54, 1.807) is 20.1 Å². The number of ether oxygens (including phenoxy) is 2. The van der Waals surface area contributed by atoms with E-state index in [1.807, 2.05) is 26.0 Å². The zero-order valence-corrected chi connectivity index (χ0v) is 15.0. The quantitative estimate of drug-likeness (QED) is 0.615. The third-order valence-electron chi connectivity index (χ3n) is 6.23. The maximum absolute atomic E-state index is 13.2. The van der Waals surface area contributed by atoms with Crippen molar-refractivity contribution in [1.82, 2.24) is 0 Å². The summed E-state index contributed by atoms with van der Waals surface area (Å²) in [5, 5.41) is 0. The highest BCUT2D eigenvalue weighted by molar-refractivity contribution is 6.17. The highest BCUT2D eigenvalue weighted by Crippen LogP contribution is 2.63. The highest BCUT2D eigenvalue weighted by Gasteiger charge is 2.72. The average Bonchev–Trinajstić information content (AvgIpc) is 3.12. The van der Waals surface area contributed by atoms with Gasteiger partial charge in [0.05, 0.1) is 30.1 Å². The molecular weight excluding hydrogens is 316 g/mol. The van der Waals surface area contributed by atoms with E-state index >= 15 is 0 Å². The molecule has 0 spiro atoms. The highest BCUT2D eigenvalue weighted by atomic mass is 16.5. The zero-order valence-electron chi connectivity index (χ0n) is 15.0. The molecule has 3 aliphatic rings. The Bertz CT molecular complexity index is 811. The summed E-state index contributed by atoms with van der Waals surface area (Å²) in [6, 6.07) is 5.46. The normalized spacial score (nSPS) is 38.5. The molecule has 130 valence electrons. The van der Waals surface area contributed by atoms with Gasteiger partial charge >= 0.3 is 0 Å². The van der Waals surface area contributed by atoms with Crippen molar-refractivity contribution in [3.63, 3.8) is 0 Å². The minimum atomic E-state index is -0.755. The summed E-state index contributed by atoms with van der Waals surface area (Å²) in [4.78, 5) is 26.5. The van der Waals surface area contributed by atoms with Crippen LogP contribution >= 0.6 is 0 Å². The van der Waals surface area contributed by atoms with E-state index in [4.69, 9.17) is 9.47 Å². The van der Waals surface area contributed by atoms with Crippen LogP contribution < -0.4 is 4.74 Å². The van der Waals surface area contributed by atoms with Crippen LogP contribution in [-0.4, -0.2) is 29.9 Å². The second-order valence-corrected chi connectivity index (χ2v) is 7.75. The molecule has 2 heterocycles. The Hall–Kier alpha value is -2.12. The number of hydrogen-bond donors (Lipinski definition) is 0. The van der Waals surface area contributed by atoms with Crippen molar-refractivity contribution in [3.8, 4) is 17.6 Å². The Morgan fingerprint density at radius 1 is 1.12 bits per heavy atom. The predicted octanol–water partition coefficient (Wildman–Crippen LogP) is 2.88. The van der Waals surface area contributed by atoms with Gasteiger partial charge in [-0.15, -0.1) is 5.92 Å². The lowest BCUT2D eigenvalue weighted by Crippen LogP contribution is -2.40. The van der Waals surface area contributed by atoms with Crippen LogP contribution in [0.5, 0.6) is 5.75 Å².